The summed E-state index contributed by atoms with van der Waals surface area (Å²) in [4.78, 5) is 0. The second-order valence-electron chi connectivity index (χ2n) is 2.39. The van der Waals surface area contributed by atoms with Crippen LogP contribution in [0.4, 0.5) is 0 Å². The van der Waals surface area contributed by atoms with E-state index in [0.717, 1.165) is 16.1 Å². The number of alkyl halides is 1. The van der Waals surface area contributed by atoms with E-state index in [2.05, 4.69) is 27.8 Å². The first-order chi connectivity index (χ1) is 5.74. The zero-order valence-electron chi connectivity index (χ0n) is 6.70. The number of halogens is 2. The van der Waals surface area contributed by atoms with Crippen LogP contribution in [0.1, 0.15) is 11.1 Å². The Morgan fingerprint density at radius 2 is 2.25 bits per heavy atom. The zero-order valence-corrected chi connectivity index (χ0v) is 9.04. The van der Waals surface area contributed by atoms with E-state index in [1.165, 1.54) is 0 Å². The summed E-state index contributed by atoms with van der Waals surface area (Å²) >= 11 is 9.06. The van der Waals surface area contributed by atoms with Gasteiger partial charge in [0.25, 0.3) is 0 Å². The van der Waals surface area contributed by atoms with Crippen LogP contribution in [0.25, 0.3) is 0 Å². The van der Waals surface area contributed by atoms with Crippen LogP contribution in [0.5, 0.6) is 0 Å². The minimum atomic E-state index is 0.693. The van der Waals surface area contributed by atoms with Crippen LogP contribution in [-0.2, 0) is 0 Å². The van der Waals surface area contributed by atoms with Gasteiger partial charge in [-0.15, -0.1) is 0 Å². The minimum absolute atomic E-state index is 0.693. The lowest BCUT2D eigenvalue weighted by Gasteiger charge is -1.97. The monoisotopic (exact) mass is 242 g/mol. The average Bonchev–Trinajstić information content (AvgIpc) is 2.07. The molecule has 0 nitrogen and oxygen atoms in total. The Morgan fingerprint density at radius 3 is 2.92 bits per heavy atom. The first-order valence-electron chi connectivity index (χ1n) is 3.55. The second kappa shape index (κ2) is 4.54. The SMILES string of the molecule is Cc1ccc(Cl)cc1C#CCBr. The molecule has 0 saturated heterocycles. The lowest BCUT2D eigenvalue weighted by Crippen LogP contribution is -1.81. The van der Waals surface area contributed by atoms with Gasteiger partial charge < -0.3 is 0 Å². The van der Waals surface area contributed by atoms with E-state index in [1.807, 2.05) is 25.1 Å². The standard InChI is InChI=1S/C10H8BrCl/c1-8-4-5-10(12)7-9(8)3-2-6-11/h4-5,7H,6H2,1H3. The van der Waals surface area contributed by atoms with Crippen LogP contribution >= 0.6 is 27.5 Å². The predicted molar refractivity (Wildman–Crippen MR) is 56.9 cm³/mol. The summed E-state index contributed by atoms with van der Waals surface area (Å²) in [6.07, 6.45) is 0. The van der Waals surface area contributed by atoms with Gasteiger partial charge in [-0.25, -0.2) is 0 Å². The second-order valence-corrected chi connectivity index (χ2v) is 3.39. The third-order valence-electron chi connectivity index (χ3n) is 1.49. The van der Waals surface area contributed by atoms with Gasteiger partial charge in [0, 0.05) is 10.6 Å². The number of hydrogen-bond acceptors (Lipinski definition) is 0. The molecule has 0 atom stereocenters. The normalized spacial score (nSPS) is 8.92. The van der Waals surface area contributed by atoms with Crippen molar-refractivity contribution in [2.75, 3.05) is 5.33 Å². The molecule has 0 aromatic heterocycles. The Bertz CT molecular complexity index is 333. The molecular formula is C10H8BrCl. The Kier molecular flexibility index (Phi) is 3.65. The maximum atomic E-state index is 5.82. The van der Waals surface area contributed by atoms with Crippen molar-refractivity contribution < 1.29 is 0 Å². The molecule has 1 rings (SSSR count). The summed E-state index contributed by atoms with van der Waals surface area (Å²) in [6, 6.07) is 5.73. The number of hydrogen-bond donors (Lipinski definition) is 0. The zero-order chi connectivity index (χ0) is 8.97. The summed E-state index contributed by atoms with van der Waals surface area (Å²) < 4.78 is 0. The molecule has 62 valence electrons. The highest BCUT2D eigenvalue weighted by Gasteiger charge is 1.94. The average molecular weight is 244 g/mol. The molecule has 12 heavy (non-hydrogen) atoms. The fourth-order valence-electron chi connectivity index (χ4n) is 0.858. The first kappa shape index (κ1) is 9.64. The van der Waals surface area contributed by atoms with Crippen molar-refractivity contribution in [2.45, 2.75) is 6.92 Å². The van der Waals surface area contributed by atoms with Gasteiger partial charge in [0.15, 0.2) is 0 Å². The van der Waals surface area contributed by atoms with Gasteiger partial charge in [-0.05, 0) is 24.6 Å². The molecule has 0 amide bonds. The van der Waals surface area contributed by atoms with Crippen molar-refractivity contribution in [3.05, 3.63) is 34.3 Å². The van der Waals surface area contributed by atoms with Crippen LogP contribution in [0.15, 0.2) is 18.2 Å². The molecule has 0 saturated carbocycles. The fraction of sp³-hybridized carbons (Fsp3) is 0.200. The van der Waals surface area contributed by atoms with E-state index >= 15 is 0 Å². The molecular weight excluding hydrogens is 235 g/mol. The van der Waals surface area contributed by atoms with Gasteiger partial charge in [-0.2, -0.15) is 0 Å². The van der Waals surface area contributed by atoms with E-state index in [1.54, 1.807) is 0 Å². The quantitative estimate of drug-likeness (QED) is 0.484. The van der Waals surface area contributed by atoms with Crippen molar-refractivity contribution >= 4 is 27.5 Å². The van der Waals surface area contributed by atoms with Crippen molar-refractivity contribution in [1.29, 1.82) is 0 Å². The Morgan fingerprint density at radius 1 is 1.50 bits per heavy atom. The van der Waals surface area contributed by atoms with E-state index in [4.69, 9.17) is 11.6 Å². The Balaban J connectivity index is 3.05. The lowest BCUT2D eigenvalue weighted by atomic mass is 10.1. The molecule has 1 aromatic rings. The van der Waals surface area contributed by atoms with E-state index in [9.17, 15) is 0 Å². The molecule has 1 aromatic carbocycles. The van der Waals surface area contributed by atoms with Crippen LogP contribution in [-0.4, -0.2) is 5.33 Å². The van der Waals surface area contributed by atoms with E-state index in [0.29, 0.717) is 5.33 Å². The van der Waals surface area contributed by atoms with E-state index < -0.39 is 0 Å². The van der Waals surface area contributed by atoms with Gasteiger partial charge in [-0.1, -0.05) is 45.4 Å². The summed E-state index contributed by atoms with van der Waals surface area (Å²) in [6.45, 7) is 2.02. The lowest BCUT2D eigenvalue weighted by molar-refractivity contribution is 1.44. The molecule has 0 aliphatic rings. The van der Waals surface area contributed by atoms with Gasteiger partial charge in [0.2, 0.25) is 0 Å². The maximum absolute atomic E-state index is 5.82. The van der Waals surface area contributed by atoms with Crippen molar-refractivity contribution in [2.24, 2.45) is 0 Å². The molecule has 0 aliphatic heterocycles. The molecule has 0 aliphatic carbocycles. The summed E-state index contributed by atoms with van der Waals surface area (Å²) in [5.74, 6) is 5.96. The van der Waals surface area contributed by atoms with Gasteiger partial charge in [0.1, 0.15) is 0 Å². The van der Waals surface area contributed by atoms with Crippen molar-refractivity contribution in [3.63, 3.8) is 0 Å². The topological polar surface area (TPSA) is 0 Å². The number of aryl methyl sites for hydroxylation is 1. The molecule has 0 radical (unpaired) electrons. The molecule has 0 spiro atoms. The molecule has 0 bridgehead atoms. The van der Waals surface area contributed by atoms with Gasteiger partial charge in [0.05, 0.1) is 5.33 Å². The first-order valence-corrected chi connectivity index (χ1v) is 5.05. The highest BCUT2D eigenvalue weighted by Crippen LogP contribution is 2.13. The maximum Gasteiger partial charge on any atom is 0.0649 e. The third-order valence-corrected chi connectivity index (χ3v) is 2.00. The number of rotatable bonds is 0. The summed E-state index contributed by atoms with van der Waals surface area (Å²) in [5, 5.41) is 1.43. The van der Waals surface area contributed by atoms with Crippen LogP contribution in [0.3, 0.4) is 0 Å². The number of benzene rings is 1. The van der Waals surface area contributed by atoms with Crippen LogP contribution in [0, 0.1) is 18.8 Å². The molecule has 0 N–H and O–H groups in total. The molecule has 2 heteroatoms. The molecule has 0 fully saturated rings. The van der Waals surface area contributed by atoms with Crippen LogP contribution < -0.4 is 0 Å². The minimum Gasteiger partial charge on any atom is -0.0863 e. The van der Waals surface area contributed by atoms with Crippen molar-refractivity contribution in [1.82, 2.24) is 0 Å². The highest BCUT2D eigenvalue weighted by atomic mass is 79.9. The predicted octanol–water partition coefficient (Wildman–Crippen LogP) is 3.39. The Labute approximate surface area is 86.1 Å². The summed E-state index contributed by atoms with van der Waals surface area (Å²) in [7, 11) is 0. The largest absolute Gasteiger partial charge is 0.0863 e. The summed E-state index contributed by atoms with van der Waals surface area (Å²) in [5.41, 5.74) is 2.16. The van der Waals surface area contributed by atoms with Crippen LogP contribution in [0.2, 0.25) is 5.02 Å². The van der Waals surface area contributed by atoms with E-state index in [-0.39, 0.29) is 0 Å². The Hall–Kier alpha value is -0.450. The highest BCUT2D eigenvalue weighted by molar-refractivity contribution is 9.09. The third kappa shape index (κ3) is 2.55. The van der Waals surface area contributed by atoms with Gasteiger partial charge in [-0.3, -0.25) is 0 Å². The smallest absolute Gasteiger partial charge is 0.0649 e. The van der Waals surface area contributed by atoms with Gasteiger partial charge >= 0.3 is 0 Å². The fourth-order valence-corrected chi connectivity index (χ4v) is 1.17. The molecule has 0 unspecified atom stereocenters. The van der Waals surface area contributed by atoms with Crippen molar-refractivity contribution in [3.8, 4) is 11.8 Å². The molecule has 0 heterocycles.